The second kappa shape index (κ2) is 7.27. The summed E-state index contributed by atoms with van der Waals surface area (Å²) in [6, 6.07) is 11.7. The lowest BCUT2D eigenvalue weighted by Crippen LogP contribution is -2.28. The first-order chi connectivity index (χ1) is 12.1. The van der Waals surface area contributed by atoms with Crippen molar-refractivity contribution in [3.8, 4) is 11.5 Å². The first-order valence-corrected chi connectivity index (χ1v) is 7.72. The van der Waals surface area contributed by atoms with Crippen LogP contribution in [-0.2, 0) is 9.53 Å². The molecule has 6 nitrogen and oxygen atoms in total. The van der Waals surface area contributed by atoms with Gasteiger partial charge in [0.25, 0.3) is 5.91 Å². The highest BCUT2D eigenvalue weighted by Crippen LogP contribution is 2.33. The van der Waals surface area contributed by atoms with Crippen LogP contribution in [0.1, 0.15) is 15.9 Å². The Kier molecular flexibility index (Phi) is 4.90. The maximum atomic E-state index is 12.4. The third-order valence-electron chi connectivity index (χ3n) is 3.48. The number of rotatable bonds is 4. The van der Waals surface area contributed by atoms with Gasteiger partial charge < -0.3 is 19.5 Å². The second-order valence-electron chi connectivity index (χ2n) is 5.10. The van der Waals surface area contributed by atoms with Crippen molar-refractivity contribution in [1.82, 2.24) is 5.32 Å². The summed E-state index contributed by atoms with van der Waals surface area (Å²) in [4.78, 5) is 24.4. The van der Waals surface area contributed by atoms with Gasteiger partial charge in [0.2, 0.25) is 6.79 Å². The standard InChI is InChI=1S/C18H14ClNO5/c1-23-18(22)14(20-17(21)12-4-2-3-5-13(12)19)8-11-6-7-15-16(9-11)25-10-24-15/h2-9H,10H2,1H3,(H,20,21). The number of methoxy groups -OCH3 is 1. The lowest BCUT2D eigenvalue weighted by molar-refractivity contribution is -0.136. The highest BCUT2D eigenvalue weighted by molar-refractivity contribution is 6.34. The van der Waals surface area contributed by atoms with Crippen LogP contribution in [-0.4, -0.2) is 25.8 Å². The lowest BCUT2D eigenvalue weighted by Gasteiger charge is -2.09. The zero-order valence-electron chi connectivity index (χ0n) is 13.2. The van der Waals surface area contributed by atoms with Crippen molar-refractivity contribution in [3.05, 3.63) is 64.3 Å². The van der Waals surface area contributed by atoms with Crippen molar-refractivity contribution >= 4 is 29.6 Å². The molecule has 0 aromatic heterocycles. The summed E-state index contributed by atoms with van der Waals surface area (Å²) >= 11 is 6.01. The van der Waals surface area contributed by atoms with E-state index in [1.54, 1.807) is 42.5 Å². The van der Waals surface area contributed by atoms with E-state index in [2.05, 4.69) is 5.32 Å². The van der Waals surface area contributed by atoms with Crippen molar-refractivity contribution in [1.29, 1.82) is 0 Å². The van der Waals surface area contributed by atoms with Crippen LogP contribution in [0.25, 0.3) is 6.08 Å². The Morgan fingerprint density at radius 2 is 1.92 bits per heavy atom. The average molecular weight is 360 g/mol. The molecule has 128 valence electrons. The maximum absolute atomic E-state index is 12.4. The van der Waals surface area contributed by atoms with Crippen LogP contribution in [0.2, 0.25) is 5.02 Å². The molecule has 1 aliphatic heterocycles. The fourth-order valence-corrected chi connectivity index (χ4v) is 2.48. The number of hydrogen-bond acceptors (Lipinski definition) is 5. The molecule has 2 aromatic carbocycles. The van der Waals surface area contributed by atoms with E-state index in [4.69, 9.17) is 25.8 Å². The summed E-state index contributed by atoms with van der Waals surface area (Å²) in [5.74, 6) is -0.00618. The Morgan fingerprint density at radius 1 is 1.16 bits per heavy atom. The summed E-state index contributed by atoms with van der Waals surface area (Å²) in [7, 11) is 1.23. The van der Waals surface area contributed by atoms with Crippen LogP contribution in [0.3, 0.4) is 0 Å². The minimum absolute atomic E-state index is 0.0220. The first-order valence-electron chi connectivity index (χ1n) is 7.34. The Bertz CT molecular complexity index is 862. The molecule has 1 N–H and O–H groups in total. The molecule has 0 saturated heterocycles. The largest absolute Gasteiger partial charge is 0.464 e. The van der Waals surface area contributed by atoms with Crippen molar-refractivity contribution < 1.29 is 23.8 Å². The molecule has 1 heterocycles. The zero-order chi connectivity index (χ0) is 17.8. The minimum Gasteiger partial charge on any atom is -0.464 e. The van der Waals surface area contributed by atoms with Gasteiger partial charge >= 0.3 is 5.97 Å². The van der Waals surface area contributed by atoms with E-state index in [1.807, 2.05) is 0 Å². The molecule has 0 radical (unpaired) electrons. The van der Waals surface area contributed by atoms with E-state index in [9.17, 15) is 9.59 Å². The van der Waals surface area contributed by atoms with E-state index in [0.29, 0.717) is 17.1 Å². The summed E-state index contributed by atoms with van der Waals surface area (Å²) < 4.78 is 15.3. The van der Waals surface area contributed by atoms with Gasteiger partial charge in [-0.2, -0.15) is 0 Å². The van der Waals surface area contributed by atoms with E-state index in [0.717, 1.165) is 0 Å². The third kappa shape index (κ3) is 3.75. The Labute approximate surface area is 148 Å². The summed E-state index contributed by atoms with van der Waals surface area (Å²) in [6.07, 6.45) is 1.49. The van der Waals surface area contributed by atoms with Crippen LogP contribution >= 0.6 is 11.6 Å². The van der Waals surface area contributed by atoms with E-state index < -0.39 is 11.9 Å². The predicted molar refractivity (Wildman–Crippen MR) is 91.5 cm³/mol. The molecule has 7 heteroatoms. The molecule has 2 aromatic rings. The molecular weight excluding hydrogens is 346 g/mol. The third-order valence-corrected chi connectivity index (χ3v) is 3.81. The highest BCUT2D eigenvalue weighted by atomic mass is 35.5. The number of halogens is 1. The predicted octanol–water partition coefficient (Wildman–Crippen LogP) is 3.01. The van der Waals surface area contributed by atoms with Crippen molar-refractivity contribution in [3.63, 3.8) is 0 Å². The van der Waals surface area contributed by atoms with E-state index in [-0.39, 0.29) is 23.1 Å². The van der Waals surface area contributed by atoms with E-state index >= 15 is 0 Å². The summed E-state index contributed by atoms with van der Waals surface area (Å²) in [5, 5.41) is 2.82. The van der Waals surface area contributed by atoms with Crippen molar-refractivity contribution in [2.45, 2.75) is 0 Å². The topological polar surface area (TPSA) is 73.9 Å². The molecule has 0 unspecified atom stereocenters. The molecule has 25 heavy (non-hydrogen) atoms. The van der Waals surface area contributed by atoms with Gasteiger partial charge in [-0.15, -0.1) is 0 Å². The molecule has 0 spiro atoms. The molecule has 1 aliphatic rings. The van der Waals surface area contributed by atoms with Gasteiger partial charge in [0.15, 0.2) is 11.5 Å². The fourth-order valence-electron chi connectivity index (χ4n) is 2.26. The normalized spacial score (nSPS) is 12.6. The molecule has 1 amide bonds. The smallest absolute Gasteiger partial charge is 0.354 e. The monoisotopic (exact) mass is 359 g/mol. The van der Waals surface area contributed by atoms with Crippen LogP contribution < -0.4 is 14.8 Å². The van der Waals surface area contributed by atoms with Crippen LogP contribution in [0, 0.1) is 0 Å². The van der Waals surface area contributed by atoms with Gasteiger partial charge in [-0.05, 0) is 35.9 Å². The highest BCUT2D eigenvalue weighted by Gasteiger charge is 2.18. The van der Waals surface area contributed by atoms with Gasteiger partial charge in [0, 0.05) is 0 Å². The van der Waals surface area contributed by atoms with E-state index in [1.165, 1.54) is 13.2 Å². The van der Waals surface area contributed by atoms with Gasteiger partial charge in [0.1, 0.15) is 5.70 Å². The Balaban J connectivity index is 1.88. The van der Waals surface area contributed by atoms with Crippen LogP contribution in [0.5, 0.6) is 11.5 Å². The molecule has 0 fully saturated rings. The molecule has 3 rings (SSSR count). The molecular formula is C18H14ClNO5. The van der Waals surface area contributed by atoms with Crippen molar-refractivity contribution in [2.24, 2.45) is 0 Å². The number of benzene rings is 2. The quantitative estimate of drug-likeness (QED) is 0.671. The number of fused-ring (bicyclic) bond motifs is 1. The SMILES string of the molecule is COC(=O)C(=Cc1ccc2c(c1)OCO2)NC(=O)c1ccccc1Cl. The minimum atomic E-state index is -0.682. The number of ether oxygens (including phenoxy) is 3. The molecule has 0 bridgehead atoms. The number of carbonyl (C=O) groups excluding carboxylic acids is 2. The number of hydrogen-bond donors (Lipinski definition) is 1. The zero-order valence-corrected chi connectivity index (χ0v) is 14.0. The van der Waals surface area contributed by atoms with Crippen LogP contribution in [0.15, 0.2) is 48.2 Å². The summed E-state index contributed by atoms with van der Waals surface area (Å²) in [5.41, 5.74) is 0.875. The van der Waals surface area contributed by atoms with Gasteiger partial charge in [-0.1, -0.05) is 29.8 Å². The number of carbonyl (C=O) groups is 2. The number of esters is 1. The Morgan fingerprint density at radius 3 is 2.68 bits per heavy atom. The second-order valence-corrected chi connectivity index (χ2v) is 5.50. The fraction of sp³-hybridized carbons (Fsp3) is 0.111. The average Bonchev–Trinajstić information content (AvgIpc) is 3.08. The van der Waals surface area contributed by atoms with Gasteiger partial charge in [-0.25, -0.2) is 4.79 Å². The first kappa shape index (κ1) is 16.9. The molecule has 0 aliphatic carbocycles. The van der Waals surface area contributed by atoms with Gasteiger partial charge in [-0.3, -0.25) is 4.79 Å². The van der Waals surface area contributed by atoms with Gasteiger partial charge in [0.05, 0.1) is 17.7 Å². The summed E-state index contributed by atoms with van der Waals surface area (Å²) in [6.45, 7) is 0.148. The van der Waals surface area contributed by atoms with Crippen molar-refractivity contribution in [2.75, 3.05) is 13.9 Å². The maximum Gasteiger partial charge on any atom is 0.354 e. The Hall–Kier alpha value is -2.99. The van der Waals surface area contributed by atoms with Crippen LogP contribution in [0.4, 0.5) is 0 Å². The lowest BCUT2D eigenvalue weighted by atomic mass is 10.1. The molecule has 0 saturated carbocycles. The molecule has 0 atom stereocenters. The number of amides is 1. The number of nitrogens with one attached hydrogen (secondary N) is 1.